The molecule has 1 amide bonds. The third kappa shape index (κ3) is 4.82. The van der Waals surface area contributed by atoms with E-state index in [1.165, 1.54) is 17.0 Å². The molecule has 0 aliphatic carbocycles. The summed E-state index contributed by atoms with van der Waals surface area (Å²) in [6.45, 7) is 5.91. The number of esters is 1. The number of fused-ring (bicyclic) bond motifs is 1. The number of nitrogens with one attached hydrogen (secondary N) is 1. The number of carbonyl (C=O) groups excluding carboxylic acids is 2. The first-order valence-corrected chi connectivity index (χ1v) is 10.6. The lowest BCUT2D eigenvalue weighted by Crippen LogP contribution is -2.16. The Kier molecular flexibility index (Phi) is 6.31. The lowest BCUT2D eigenvalue weighted by atomic mass is 10.1. The highest BCUT2D eigenvalue weighted by molar-refractivity contribution is 6.05. The van der Waals surface area contributed by atoms with Crippen LogP contribution < -0.4 is 5.32 Å². The fraction of sp³-hybridized carbons (Fsp3) is 0.154. The molecule has 0 aliphatic rings. The van der Waals surface area contributed by atoms with Crippen LogP contribution in [0.15, 0.2) is 66.9 Å². The molecule has 33 heavy (non-hydrogen) atoms. The number of hydrogen-bond donors (Lipinski definition) is 1. The summed E-state index contributed by atoms with van der Waals surface area (Å²) >= 11 is 0. The fourth-order valence-electron chi connectivity index (χ4n) is 3.45. The summed E-state index contributed by atoms with van der Waals surface area (Å²) in [6, 6.07) is 17.4. The van der Waals surface area contributed by atoms with Crippen molar-refractivity contribution < 1.29 is 14.3 Å². The number of amides is 1. The first kappa shape index (κ1) is 22.0. The van der Waals surface area contributed by atoms with Gasteiger partial charge in [0.2, 0.25) is 5.91 Å². The number of para-hydroxylation sites is 1. The van der Waals surface area contributed by atoms with Gasteiger partial charge in [-0.25, -0.2) is 9.78 Å². The molecule has 2 heterocycles. The van der Waals surface area contributed by atoms with Gasteiger partial charge >= 0.3 is 5.97 Å². The molecule has 0 saturated heterocycles. The van der Waals surface area contributed by atoms with Crippen molar-refractivity contribution in [1.29, 1.82) is 0 Å². The van der Waals surface area contributed by atoms with Crippen LogP contribution in [0.3, 0.4) is 0 Å². The van der Waals surface area contributed by atoms with Crippen molar-refractivity contribution >= 4 is 34.7 Å². The second-order valence-corrected chi connectivity index (χ2v) is 7.59. The Labute approximate surface area is 191 Å². The van der Waals surface area contributed by atoms with Crippen LogP contribution in [0.5, 0.6) is 0 Å². The number of rotatable bonds is 6. The van der Waals surface area contributed by atoms with Gasteiger partial charge in [0.1, 0.15) is 5.56 Å². The number of carbonyl (C=O) groups is 2. The van der Waals surface area contributed by atoms with Crippen LogP contribution in [0.25, 0.3) is 22.8 Å². The van der Waals surface area contributed by atoms with Crippen molar-refractivity contribution in [1.82, 2.24) is 14.8 Å². The van der Waals surface area contributed by atoms with Crippen molar-refractivity contribution in [2.45, 2.75) is 20.8 Å². The minimum absolute atomic E-state index is 0.154. The third-order valence-corrected chi connectivity index (χ3v) is 5.14. The smallest absolute Gasteiger partial charge is 0.343 e. The molecule has 0 unspecified atom stereocenters. The Balaban J connectivity index is 1.71. The molecule has 0 aliphatic heterocycles. The van der Waals surface area contributed by atoms with Crippen molar-refractivity contribution in [3.8, 4) is 5.82 Å². The predicted octanol–water partition coefficient (Wildman–Crippen LogP) is 4.87. The third-order valence-electron chi connectivity index (χ3n) is 5.14. The Morgan fingerprint density at radius 1 is 1.09 bits per heavy atom. The van der Waals surface area contributed by atoms with E-state index in [1.807, 2.05) is 68.4 Å². The zero-order chi connectivity index (χ0) is 23.4. The van der Waals surface area contributed by atoms with E-state index in [1.54, 1.807) is 13.0 Å². The fourth-order valence-corrected chi connectivity index (χ4v) is 3.45. The number of aryl methyl sites for hydroxylation is 2. The van der Waals surface area contributed by atoms with Crippen LogP contribution in [0.1, 0.15) is 34.0 Å². The molecule has 7 heteroatoms. The van der Waals surface area contributed by atoms with Crippen LogP contribution in [0, 0.1) is 13.8 Å². The van der Waals surface area contributed by atoms with Gasteiger partial charge in [-0.15, -0.1) is 0 Å². The van der Waals surface area contributed by atoms with Crippen molar-refractivity contribution in [2.75, 3.05) is 11.9 Å². The van der Waals surface area contributed by atoms with E-state index in [2.05, 4.69) is 15.4 Å². The summed E-state index contributed by atoms with van der Waals surface area (Å²) in [5, 5.41) is 8.13. The van der Waals surface area contributed by atoms with E-state index >= 15 is 0 Å². The van der Waals surface area contributed by atoms with Gasteiger partial charge in [0.05, 0.1) is 18.3 Å². The number of aromatic nitrogens is 3. The molecule has 0 bridgehead atoms. The van der Waals surface area contributed by atoms with E-state index in [4.69, 9.17) is 4.74 Å². The first-order chi connectivity index (χ1) is 16.0. The number of ether oxygens (including phenoxy) is 1. The highest BCUT2D eigenvalue weighted by Gasteiger charge is 2.22. The molecule has 4 rings (SSSR count). The average Bonchev–Trinajstić information content (AvgIpc) is 3.22. The molecular weight excluding hydrogens is 416 g/mol. The number of nitrogens with zero attached hydrogens (tertiary/aromatic N) is 3. The second-order valence-electron chi connectivity index (χ2n) is 7.59. The summed E-state index contributed by atoms with van der Waals surface area (Å²) in [5.74, 6) is -0.284. The van der Waals surface area contributed by atoms with Crippen molar-refractivity contribution in [3.63, 3.8) is 0 Å². The van der Waals surface area contributed by atoms with Crippen LogP contribution >= 0.6 is 0 Å². The molecule has 166 valence electrons. The normalized spacial score (nSPS) is 11.1. The van der Waals surface area contributed by atoms with Crippen LogP contribution in [0.4, 0.5) is 5.82 Å². The Morgan fingerprint density at radius 2 is 1.85 bits per heavy atom. The minimum atomic E-state index is -0.570. The van der Waals surface area contributed by atoms with Gasteiger partial charge in [-0.2, -0.15) is 9.78 Å². The van der Waals surface area contributed by atoms with Crippen LogP contribution in [0.2, 0.25) is 0 Å². The number of benzene rings is 2. The zero-order valence-corrected chi connectivity index (χ0v) is 18.7. The SMILES string of the molecule is CCOC(=O)c1cnn(-c2cc(C)c3ccccc3n2)c1NC(=O)/C=C/c1ccc(C)cc1. The van der Waals surface area contributed by atoms with Gasteiger partial charge < -0.3 is 10.1 Å². The van der Waals surface area contributed by atoms with Gasteiger partial charge in [0.25, 0.3) is 0 Å². The van der Waals surface area contributed by atoms with Crippen molar-refractivity contribution in [2.24, 2.45) is 0 Å². The van der Waals surface area contributed by atoms with E-state index in [0.717, 1.165) is 27.6 Å². The van der Waals surface area contributed by atoms with Crippen molar-refractivity contribution in [3.05, 3.63) is 89.1 Å². The molecule has 0 fully saturated rings. The largest absolute Gasteiger partial charge is 0.462 e. The molecular formula is C26H24N4O3. The number of hydrogen-bond acceptors (Lipinski definition) is 5. The maximum absolute atomic E-state index is 12.7. The molecule has 4 aromatic rings. The number of pyridine rings is 1. The topological polar surface area (TPSA) is 86.1 Å². The van der Waals surface area contributed by atoms with E-state index in [-0.39, 0.29) is 18.0 Å². The highest BCUT2D eigenvalue weighted by Crippen LogP contribution is 2.24. The maximum Gasteiger partial charge on any atom is 0.343 e. The van der Waals surface area contributed by atoms with Gasteiger partial charge in [-0.05, 0) is 50.1 Å². The molecule has 0 radical (unpaired) electrons. The predicted molar refractivity (Wildman–Crippen MR) is 128 cm³/mol. The zero-order valence-electron chi connectivity index (χ0n) is 18.7. The Hall–Kier alpha value is -4.26. The maximum atomic E-state index is 12.7. The summed E-state index contributed by atoms with van der Waals surface area (Å²) < 4.78 is 6.60. The minimum Gasteiger partial charge on any atom is -0.462 e. The first-order valence-electron chi connectivity index (χ1n) is 10.6. The Morgan fingerprint density at radius 3 is 2.61 bits per heavy atom. The van der Waals surface area contributed by atoms with Crippen LogP contribution in [-0.4, -0.2) is 33.2 Å². The summed E-state index contributed by atoms with van der Waals surface area (Å²) in [7, 11) is 0. The highest BCUT2D eigenvalue weighted by atomic mass is 16.5. The molecule has 0 saturated carbocycles. The number of anilines is 1. The van der Waals surface area contributed by atoms with E-state index in [9.17, 15) is 9.59 Å². The van der Waals surface area contributed by atoms with E-state index < -0.39 is 11.9 Å². The molecule has 1 N–H and O–H groups in total. The molecule has 2 aromatic heterocycles. The second kappa shape index (κ2) is 9.48. The van der Waals surface area contributed by atoms with Crippen LogP contribution in [-0.2, 0) is 9.53 Å². The standard InChI is InChI=1S/C26H24N4O3/c1-4-33-26(32)21-16-27-30(23-15-18(3)20-7-5-6-8-22(20)28-23)25(21)29-24(31)14-13-19-11-9-17(2)10-12-19/h5-16H,4H2,1-3H3,(H,29,31)/b14-13+. The quantitative estimate of drug-likeness (QED) is 0.342. The van der Waals surface area contributed by atoms with Gasteiger partial charge in [-0.3, -0.25) is 4.79 Å². The van der Waals surface area contributed by atoms with Gasteiger partial charge in [0.15, 0.2) is 11.6 Å². The van der Waals surface area contributed by atoms with E-state index in [0.29, 0.717) is 5.82 Å². The monoisotopic (exact) mass is 440 g/mol. The molecule has 0 spiro atoms. The summed E-state index contributed by atoms with van der Waals surface area (Å²) in [4.78, 5) is 29.9. The molecule has 7 nitrogen and oxygen atoms in total. The average molecular weight is 441 g/mol. The molecule has 0 atom stereocenters. The van der Waals surface area contributed by atoms with Gasteiger partial charge in [0, 0.05) is 11.5 Å². The summed E-state index contributed by atoms with van der Waals surface area (Å²) in [5.41, 5.74) is 3.97. The lowest BCUT2D eigenvalue weighted by Gasteiger charge is -2.11. The molecule has 2 aromatic carbocycles. The van der Waals surface area contributed by atoms with Gasteiger partial charge in [-0.1, -0.05) is 48.0 Å². The Bertz CT molecular complexity index is 1350. The summed E-state index contributed by atoms with van der Waals surface area (Å²) in [6.07, 6.45) is 4.50. The lowest BCUT2D eigenvalue weighted by molar-refractivity contribution is -0.111.